The van der Waals surface area contributed by atoms with E-state index >= 15 is 0 Å². The van der Waals surface area contributed by atoms with Crippen molar-refractivity contribution in [2.45, 2.75) is 58.3 Å². The molecule has 174 valence electrons. The molecule has 3 N–H and O–H groups in total. The van der Waals surface area contributed by atoms with Crippen LogP contribution in [0.4, 0.5) is 0 Å². The van der Waals surface area contributed by atoms with Crippen LogP contribution in [0.3, 0.4) is 0 Å². The van der Waals surface area contributed by atoms with E-state index in [1.807, 2.05) is 69.8 Å². The predicted molar refractivity (Wildman–Crippen MR) is 124 cm³/mol. The molecular weight excluding hydrogens is 406 g/mol. The van der Waals surface area contributed by atoms with Crippen molar-refractivity contribution in [3.8, 4) is 11.3 Å². The van der Waals surface area contributed by atoms with E-state index in [1.54, 1.807) is 13.2 Å². The molecule has 0 saturated carbocycles. The Kier molecular flexibility index (Phi) is 7.05. The van der Waals surface area contributed by atoms with Crippen LogP contribution in [0.1, 0.15) is 45.7 Å². The van der Waals surface area contributed by atoms with Crippen molar-refractivity contribution in [1.82, 2.24) is 25.3 Å². The maximum Gasteiger partial charge on any atom is 0.243 e. The number of aliphatic hydroxyl groups is 1. The maximum absolute atomic E-state index is 13.2. The second-order valence-electron chi connectivity index (χ2n) is 9.68. The molecule has 8 heteroatoms. The van der Waals surface area contributed by atoms with Crippen LogP contribution in [-0.4, -0.2) is 63.4 Å². The first-order chi connectivity index (χ1) is 15.0. The normalized spacial score (nSPS) is 20.8. The monoisotopic (exact) mass is 441 g/mol. The SMILES string of the molecule is CN[C@@H](C(=O)N1C[C@H](O)C[C@H]1C(=O)NC(C)c1ccc(-c2ccnn2C)cc1)C(C)(C)C. The highest BCUT2D eigenvalue weighted by Gasteiger charge is 2.43. The first kappa shape index (κ1) is 23.9. The third kappa shape index (κ3) is 5.02. The zero-order chi connectivity index (χ0) is 23.6. The average molecular weight is 442 g/mol. The highest BCUT2D eigenvalue weighted by Crippen LogP contribution is 2.27. The van der Waals surface area contributed by atoms with Crippen molar-refractivity contribution in [2.75, 3.05) is 13.6 Å². The van der Waals surface area contributed by atoms with Gasteiger partial charge in [0.05, 0.1) is 23.9 Å². The number of β-amino-alcohol motifs (C(OH)–C–C–N with tert-alkyl or cyclic N) is 1. The van der Waals surface area contributed by atoms with Gasteiger partial charge >= 0.3 is 0 Å². The summed E-state index contributed by atoms with van der Waals surface area (Å²) in [5.41, 5.74) is 2.70. The lowest BCUT2D eigenvalue weighted by Crippen LogP contribution is -2.56. The Hall–Kier alpha value is -2.71. The predicted octanol–water partition coefficient (Wildman–Crippen LogP) is 1.86. The maximum atomic E-state index is 13.2. The van der Waals surface area contributed by atoms with Crippen molar-refractivity contribution >= 4 is 11.8 Å². The highest BCUT2D eigenvalue weighted by molar-refractivity contribution is 5.91. The van der Waals surface area contributed by atoms with E-state index in [2.05, 4.69) is 15.7 Å². The summed E-state index contributed by atoms with van der Waals surface area (Å²) in [6.07, 6.45) is 1.29. The molecule has 1 fully saturated rings. The molecule has 0 aliphatic carbocycles. The number of benzene rings is 1. The zero-order valence-corrected chi connectivity index (χ0v) is 19.8. The topological polar surface area (TPSA) is 99.5 Å². The van der Waals surface area contributed by atoms with E-state index in [4.69, 9.17) is 0 Å². The summed E-state index contributed by atoms with van der Waals surface area (Å²) in [5.74, 6) is -0.410. The van der Waals surface area contributed by atoms with Crippen molar-refractivity contribution < 1.29 is 14.7 Å². The quantitative estimate of drug-likeness (QED) is 0.636. The van der Waals surface area contributed by atoms with E-state index in [0.29, 0.717) is 0 Å². The van der Waals surface area contributed by atoms with Crippen LogP contribution in [0, 0.1) is 5.41 Å². The zero-order valence-electron chi connectivity index (χ0n) is 19.8. The number of carbonyl (C=O) groups is 2. The Labute approximate surface area is 190 Å². The van der Waals surface area contributed by atoms with Gasteiger partial charge in [-0.05, 0) is 36.6 Å². The van der Waals surface area contributed by atoms with Crippen molar-refractivity contribution in [2.24, 2.45) is 12.5 Å². The molecule has 1 unspecified atom stereocenters. The molecule has 2 amide bonds. The number of nitrogens with zero attached hydrogens (tertiary/aromatic N) is 3. The molecule has 0 spiro atoms. The Bertz CT molecular complexity index is 947. The molecule has 3 rings (SSSR count). The number of nitrogens with one attached hydrogen (secondary N) is 2. The highest BCUT2D eigenvalue weighted by atomic mass is 16.3. The summed E-state index contributed by atoms with van der Waals surface area (Å²) in [7, 11) is 3.64. The third-order valence-electron chi connectivity index (χ3n) is 6.15. The molecule has 1 aromatic carbocycles. The number of carbonyl (C=O) groups excluding carboxylic acids is 2. The van der Waals surface area contributed by atoms with Gasteiger partial charge in [-0.25, -0.2) is 0 Å². The standard InChI is InChI=1S/C24H35N5O3/c1-15(16-7-9-17(10-8-16)19-11-12-26-28(19)6)27-22(31)20-13-18(30)14-29(20)23(32)21(25-5)24(2,3)4/h7-12,15,18,20-21,25,30H,13-14H2,1-6H3,(H,27,31)/t15?,18-,20+,21+/m1/s1. The summed E-state index contributed by atoms with van der Waals surface area (Å²) in [6, 6.07) is 8.56. The molecule has 8 nitrogen and oxygen atoms in total. The number of hydrogen-bond donors (Lipinski definition) is 3. The van der Waals surface area contributed by atoms with Crippen LogP contribution >= 0.6 is 0 Å². The Morgan fingerprint density at radius 3 is 2.38 bits per heavy atom. The number of aryl methyl sites for hydroxylation is 1. The second kappa shape index (κ2) is 9.42. The van der Waals surface area contributed by atoms with Crippen molar-refractivity contribution in [1.29, 1.82) is 0 Å². The molecular formula is C24H35N5O3. The number of aromatic nitrogens is 2. The van der Waals surface area contributed by atoms with Crippen LogP contribution < -0.4 is 10.6 Å². The summed E-state index contributed by atoms with van der Waals surface area (Å²) < 4.78 is 1.81. The number of hydrogen-bond acceptors (Lipinski definition) is 5. The summed E-state index contributed by atoms with van der Waals surface area (Å²) in [5, 5.41) is 20.5. The number of rotatable bonds is 6. The van der Waals surface area contributed by atoms with Gasteiger partial charge in [0.2, 0.25) is 11.8 Å². The molecule has 32 heavy (non-hydrogen) atoms. The molecule has 1 aliphatic rings. The molecule has 1 saturated heterocycles. The van der Waals surface area contributed by atoms with Crippen LogP contribution in [0.2, 0.25) is 0 Å². The number of amides is 2. The van der Waals surface area contributed by atoms with Gasteiger partial charge in [0.15, 0.2) is 0 Å². The molecule has 2 heterocycles. The van der Waals surface area contributed by atoms with E-state index in [1.165, 1.54) is 4.90 Å². The first-order valence-electron chi connectivity index (χ1n) is 11.1. The number of likely N-dealkylation sites (tertiary alicyclic amines) is 1. The Morgan fingerprint density at radius 1 is 1.19 bits per heavy atom. The van der Waals surface area contributed by atoms with Crippen molar-refractivity contribution in [3.05, 3.63) is 42.1 Å². The minimum atomic E-state index is -0.708. The summed E-state index contributed by atoms with van der Waals surface area (Å²) in [4.78, 5) is 27.8. The number of likely N-dealkylation sites (N-methyl/N-ethyl adjacent to an activating group) is 1. The lowest BCUT2D eigenvalue weighted by molar-refractivity contribution is -0.142. The fourth-order valence-electron chi connectivity index (χ4n) is 4.39. The van der Waals surface area contributed by atoms with Crippen LogP contribution in [0.25, 0.3) is 11.3 Å². The van der Waals surface area contributed by atoms with Gasteiger partial charge in [0.25, 0.3) is 0 Å². The van der Waals surface area contributed by atoms with Gasteiger partial charge in [-0.2, -0.15) is 5.10 Å². The fraction of sp³-hybridized carbons (Fsp3) is 0.542. The molecule has 0 bridgehead atoms. The number of aliphatic hydroxyl groups excluding tert-OH is 1. The Balaban J connectivity index is 1.70. The van der Waals surface area contributed by atoms with E-state index in [-0.39, 0.29) is 36.2 Å². The van der Waals surface area contributed by atoms with Gasteiger partial charge in [0, 0.05) is 26.2 Å². The minimum Gasteiger partial charge on any atom is -0.391 e. The first-order valence-corrected chi connectivity index (χ1v) is 11.1. The van der Waals surface area contributed by atoms with Crippen LogP contribution in [-0.2, 0) is 16.6 Å². The second-order valence-corrected chi connectivity index (χ2v) is 9.68. The molecule has 4 atom stereocenters. The van der Waals surface area contributed by atoms with E-state index in [9.17, 15) is 14.7 Å². The summed E-state index contributed by atoms with van der Waals surface area (Å²) >= 11 is 0. The van der Waals surface area contributed by atoms with E-state index < -0.39 is 18.2 Å². The van der Waals surface area contributed by atoms with Gasteiger partial charge < -0.3 is 20.6 Å². The van der Waals surface area contributed by atoms with E-state index in [0.717, 1.165) is 16.8 Å². The van der Waals surface area contributed by atoms with Crippen LogP contribution in [0.15, 0.2) is 36.5 Å². The van der Waals surface area contributed by atoms with Gasteiger partial charge in [0.1, 0.15) is 6.04 Å². The molecule has 1 aliphatic heterocycles. The molecule has 0 radical (unpaired) electrons. The minimum absolute atomic E-state index is 0.162. The Morgan fingerprint density at radius 2 is 1.84 bits per heavy atom. The molecule has 2 aromatic rings. The average Bonchev–Trinajstić information content (AvgIpc) is 3.33. The smallest absolute Gasteiger partial charge is 0.243 e. The largest absolute Gasteiger partial charge is 0.391 e. The van der Waals surface area contributed by atoms with Gasteiger partial charge in [-0.3, -0.25) is 14.3 Å². The summed E-state index contributed by atoms with van der Waals surface area (Å²) in [6.45, 7) is 8.01. The van der Waals surface area contributed by atoms with Gasteiger partial charge in [-0.15, -0.1) is 0 Å². The molecule has 1 aromatic heterocycles. The lowest BCUT2D eigenvalue weighted by Gasteiger charge is -2.34. The van der Waals surface area contributed by atoms with Crippen LogP contribution in [0.5, 0.6) is 0 Å². The lowest BCUT2D eigenvalue weighted by atomic mass is 9.86. The third-order valence-corrected chi connectivity index (χ3v) is 6.15. The van der Waals surface area contributed by atoms with Gasteiger partial charge in [-0.1, -0.05) is 45.0 Å². The fourth-order valence-corrected chi connectivity index (χ4v) is 4.39. The van der Waals surface area contributed by atoms with Crippen molar-refractivity contribution in [3.63, 3.8) is 0 Å².